The highest BCUT2D eigenvalue weighted by Gasteiger charge is 2.16. The van der Waals surface area contributed by atoms with Crippen LogP contribution in [-0.2, 0) is 0 Å². The van der Waals surface area contributed by atoms with Gasteiger partial charge in [0.15, 0.2) is 0 Å². The summed E-state index contributed by atoms with van der Waals surface area (Å²) in [7, 11) is 0. The molecule has 1 N–H and O–H groups in total. The third-order valence-electron chi connectivity index (χ3n) is 1.50. The molecule has 0 amide bonds. The van der Waals surface area contributed by atoms with Crippen molar-refractivity contribution in [1.29, 1.82) is 0 Å². The van der Waals surface area contributed by atoms with Gasteiger partial charge in [0, 0.05) is 0 Å². The van der Waals surface area contributed by atoms with Crippen molar-refractivity contribution in [3.8, 4) is 12.3 Å². The van der Waals surface area contributed by atoms with Gasteiger partial charge < -0.3 is 5.11 Å². The number of terminal acetylenes is 1. The number of aliphatic hydroxyl groups is 1. The Morgan fingerprint density at radius 3 is 2.70 bits per heavy atom. The van der Waals surface area contributed by atoms with Crippen LogP contribution in [0, 0.1) is 12.3 Å². The first-order chi connectivity index (χ1) is 4.68. The summed E-state index contributed by atoms with van der Waals surface area (Å²) in [6.07, 6.45) is 9.10. The van der Waals surface area contributed by atoms with Gasteiger partial charge >= 0.3 is 0 Å². The number of hydrogen-bond donors (Lipinski definition) is 1. The van der Waals surface area contributed by atoms with Crippen molar-refractivity contribution < 1.29 is 5.11 Å². The lowest BCUT2D eigenvalue weighted by molar-refractivity contribution is 0.140. The molecular weight excluding hydrogens is 124 g/mol. The molecule has 1 atom stereocenters. The smallest absolute Gasteiger partial charge is 0.143 e. The standard InChI is InChI=1S/C9H14O/c1-4-7-8-9(10,5-2)6-3/h2,6,10H,3-4,7-8H2,1H3. The molecule has 0 aromatic rings. The zero-order chi connectivity index (χ0) is 8.04. The lowest BCUT2D eigenvalue weighted by Gasteiger charge is -2.15. The number of unbranched alkanes of at least 4 members (excludes halogenated alkanes) is 1. The van der Waals surface area contributed by atoms with Gasteiger partial charge in [0.2, 0.25) is 0 Å². The van der Waals surface area contributed by atoms with E-state index in [4.69, 9.17) is 6.42 Å². The van der Waals surface area contributed by atoms with Crippen LogP contribution in [0.25, 0.3) is 0 Å². The van der Waals surface area contributed by atoms with E-state index in [9.17, 15) is 5.11 Å². The van der Waals surface area contributed by atoms with Crippen LogP contribution < -0.4 is 0 Å². The number of rotatable bonds is 4. The molecule has 0 aromatic carbocycles. The minimum absolute atomic E-state index is 0.615. The van der Waals surface area contributed by atoms with E-state index in [1.54, 1.807) is 0 Å². The van der Waals surface area contributed by atoms with Gasteiger partial charge in [-0.3, -0.25) is 0 Å². The van der Waals surface area contributed by atoms with Gasteiger partial charge in [-0.25, -0.2) is 0 Å². The molecular formula is C9H14O. The van der Waals surface area contributed by atoms with Gasteiger partial charge in [-0.2, -0.15) is 0 Å². The van der Waals surface area contributed by atoms with Gasteiger partial charge in [0.1, 0.15) is 5.60 Å². The lowest BCUT2D eigenvalue weighted by Crippen LogP contribution is -2.22. The molecule has 0 saturated carbocycles. The van der Waals surface area contributed by atoms with Gasteiger partial charge in [-0.1, -0.05) is 25.8 Å². The van der Waals surface area contributed by atoms with Crippen molar-refractivity contribution in [3.05, 3.63) is 12.7 Å². The summed E-state index contributed by atoms with van der Waals surface area (Å²) in [6, 6.07) is 0. The van der Waals surface area contributed by atoms with E-state index in [0.29, 0.717) is 6.42 Å². The predicted octanol–water partition coefficient (Wildman–Crippen LogP) is 1.73. The first-order valence-corrected chi connectivity index (χ1v) is 3.52. The topological polar surface area (TPSA) is 20.2 Å². The van der Waals surface area contributed by atoms with E-state index in [1.807, 2.05) is 0 Å². The monoisotopic (exact) mass is 138 g/mol. The van der Waals surface area contributed by atoms with Crippen LogP contribution in [-0.4, -0.2) is 10.7 Å². The Bertz CT molecular complexity index is 143. The maximum atomic E-state index is 9.41. The minimum Gasteiger partial charge on any atom is -0.374 e. The number of hydrogen-bond acceptors (Lipinski definition) is 1. The Hall–Kier alpha value is -0.740. The van der Waals surface area contributed by atoms with E-state index in [1.165, 1.54) is 6.08 Å². The third kappa shape index (κ3) is 2.70. The van der Waals surface area contributed by atoms with Crippen LogP contribution in [0.5, 0.6) is 0 Å². The molecule has 0 radical (unpaired) electrons. The second-order valence-corrected chi connectivity index (χ2v) is 2.38. The minimum atomic E-state index is -1.07. The first kappa shape index (κ1) is 9.26. The molecule has 1 heteroatoms. The molecule has 0 spiro atoms. The highest BCUT2D eigenvalue weighted by molar-refractivity contribution is 5.16. The van der Waals surface area contributed by atoms with Gasteiger partial charge in [0.05, 0.1) is 0 Å². The van der Waals surface area contributed by atoms with E-state index in [0.717, 1.165) is 12.8 Å². The molecule has 0 saturated heterocycles. The van der Waals surface area contributed by atoms with Gasteiger partial charge in [-0.15, -0.1) is 6.42 Å². The molecule has 1 nitrogen and oxygen atoms in total. The largest absolute Gasteiger partial charge is 0.374 e. The quantitative estimate of drug-likeness (QED) is 0.463. The fraction of sp³-hybridized carbons (Fsp3) is 0.556. The average Bonchev–Trinajstić information content (AvgIpc) is 2.00. The summed E-state index contributed by atoms with van der Waals surface area (Å²) >= 11 is 0. The first-order valence-electron chi connectivity index (χ1n) is 3.52. The molecule has 56 valence electrons. The van der Waals surface area contributed by atoms with E-state index < -0.39 is 5.60 Å². The van der Waals surface area contributed by atoms with Crippen LogP contribution in [0.15, 0.2) is 12.7 Å². The summed E-state index contributed by atoms with van der Waals surface area (Å²) in [4.78, 5) is 0. The molecule has 0 heterocycles. The van der Waals surface area contributed by atoms with Crippen LogP contribution in [0.1, 0.15) is 26.2 Å². The van der Waals surface area contributed by atoms with Crippen molar-refractivity contribution in [1.82, 2.24) is 0 Å². The second kappa shape index (κ2) is 4.14. The molecule has 1 unspecified atom stereocenters. The highest BCUT2D eigenvalue weighted by atomic mass is 16.3. The average molecular weight is 138 g/mol. The van der Waals surface area contributed by atoms with Crippen LogP contribution in [0.2, 0.25) is 0 Å². The van der Waals surface area contributed by atoms with Crippen LogP contribution >= 0.6 is 0 Å². The summed E-state index contributed by atoms with van der Waals surface area (Å²) in [5.74, 6) is 2.30. The molecule has 0 aliphatic heterocycles. The molecule has 0 aliphatic rings. The summed E-state index contributed by atoms with van der Waals surface area (Å²) in [6.45, 7) is 5.52. The fourth-order valence-electron chi connectivity index (χ4n) is 0.679. The highest BCUT2D eigenvalue weighted by Crippen LogP contribution is 2.13. The SMILES string of the molecule is C#CC(O)(C=C)CCCC. The predicted molar refractivity (Wildman–Crippen MR) is 43.5 cm³/mol. The zero-order valence-corrected chi connectivity index (χ0v) is 6.43. The summed E-state index contributed by atoms with van der Waals surface area (Å²) in [5, 5.41) is 9.41. The van der Waals surface area contributed by atoms with Crippen LogP contribution in [0.3, 0.4) is 0 Å². The van der Waals surface area contributed by atoms with Gasteiger partial charge in [0.25, 0.3) is 0 Å². The van der Waals surface area contributed by atoms with Crippen LogP contribution in [0.4, 0.5) is 0 Å². The molecule has 0 aliphatic carbocycles. The normalized spacial score (nSPS) is 15.3. The zero-order valence-electron chi connectivity index (χ0n) is 6.43. The van der Waals surface area contributed by atoms with E-state index in [2.05, 4.69) is 19.4 Å². The van der Waals surface area contributed by atoms with E-state index >= 15 is 0 Å². The second-order valence-electron chi connectivity index (χ2n) is 2.38. The Morgan fingerprint density at radius 1 is 1.80 bits per heavy atom. The maximum Gasteiger partial charge on any atom is 0.143 e. The Balaban J connectivity index is 3.84. The van der Waals surface area contributed by atoms with Crippen molar-refractivity contribution in [2.24, 2.45) is 0 Å². The lowest BCUT2D eigenvalue weighted by atomic mass is 9.98. The Morgan fingerprint density at radius 2 is 2.40 bits per heavy atom. The maximum absolute atomic E-state index is 9.41. The molecule has 10 heavy (non-hydrogen) atoms. The van der Waals surface area contributed by atoms with E-state index in [-0.39, 0.29) is 0 Å². The van der Waals surface area contributed by atoms with Crippen molar-refractivity contribution in [2.45, 2.75) is 31.8 Å². The van der Waals surface area contributed by atoms with Gasteiger partial charge in [-0.05, 0) is 18.9 Å². The molecule has 0 fully saturated rings. The van der Waals surface area contributed by atoms with Crippen molar-refractivity contribution in [2.75, 3.05) is 0 Å². The summed E-state index contributed by atoms with van der Waals surface area (Å²) in [5.41, 5.74) is -1.07. The summed E-state index contributed by atoms with van der Waals surface area (Å²) < 4.78 is 0. The molecule has 0 rings (SSSR count). The molecule has 0 bridgehead atoms. The Kier molecular flexibility index (Phi) is 3.83. The Labute approximate surface area is 62.8 Å². The fourth-order valence-corrected chi connectivity index (χ4v) is 0.679. The van der Waals surface area contributed by atoms with Crippen molar-refractivity contribution in [3.63, 3.8) is 0 Å². The third-order valence-corrected chi connectivity index (χ3v) is 1.50. The molecule has 0 aromatic heterocycles. The van der Waals surface area contributed by atoms with Crippen molar-refractivity contribution >= 4 is 0 Å².